The van der Waals surface area contributed by atoms with Crippen LogP contribution in [0.3, 0.4) is 0 Å². The lowest BCUT2D eigenvalue weighted by molar-refractivity contribution is -0.128. The summed E-state index contributed by atoms with van der Waals surface area (Å²) in [7, 11) is 0. The summed E-state index contributed by atoms with van der Waals surface area (Å²) in [6.45, 7) is 0. The smallest absolute Gasteiger partial charge is 0.223 e. The molecule has 1 aliphatic carbocycles. The van der Waals surface area contributed by atoms with Crippen molar-refractivity contribution in [2.45, 2.75) is 44.6 Å². The number of nitrogens with one attached hydrogen (secondary N) is 1. The van der Waals surface area contributed by atoms with Gasteiger partial charge in [-0.15, -0.1) is 0 Å². The first-order chi connectivity index (χ1) is 9.29. The van der Waals surface area contributed by atoms with Crippen molar-refractivity contribution in [3.05, 3.63) is 35.9 Å². The van der Waals surface area contributed by atoms with Crippen LogP contribution in [0, 0.1) is 5.92 Å². The SMILES string of the molecule is O=C[C@H](Cc1ccccc1)NC(=O)C1CCCCC1. The lowest BCUT2D eigenvalue weighted by Crippen LogP contribution is -2.41. The van der Waals surface area contributed by atoms with Gasteiger partial charge in [-0.05, 0) is 24.8 Å². The highest BCUT2D eigenvalue weighted by atomic mass is 16.2. The highest BCUT2D eigenvalue weighted by molar-refractivity contribution is 5.81. The van der Waals surface area contributed by atoms with E-state index >= 15 is 0 Å². The van der Waals surface area contributed by atoms with Crippen LogP contribution in [-0.4, -0.2) is 18.2 Å². The van der Waals surface area contributed by atoms with Gasteiger partial charge < -0.3 is 10.1 Å². The van der Waals surface area contributed by atoms with E-state index in [2.05, 4.69) is 5.32 Å². The minimum atomic E-state index is -0.406. The molecule has 1 N–H and O–H groups in total. The van der Waals surface area contributed by atoms with E-state index in [0.29, 0.717) is 6.42 Å². The normalized spacial score (nSPS) is 17.7. The Bertz CT molecular complexity index is 410. The van der Waals surface area contributed by atoms with E-state index in [1.54, 1.807) is 0 Å². The maximum absolute atomic E-state index is 12.1. The second-order valence-corrected chi connectivity index (χ2v) is 5.28. The molecule has 0 aromatic heterocycles. The van der Waals surface area contributed by atoms with Crippen molar-refractivity contribution in [1.29, 1.82) is 0 Å². The fraction of sp³-hybridized carbons (Fsp3) is 0.500. The molecular formula is C16H21NO2. The van der Waals surface area contributed by atoms with Crippen LogP contribution in [-0.2, 0) is 16.0 Å². The van der Waals surface area contributed by atoms with Gasteiger partial charge in [0.15, 0.2) is 0 Å². The Morgan fingerprint density at radius 2 is 1.89 bits per heavy atom. The quantitative estimate of drug-likeness (QED) is 0.826. The van der Waals surface area contributed by atoms with Crippen molar-refractivity contribution in [3.8, 4) is 0 Å². The number of aldehydes is 1. The monoisotopic (exact) mass is 259 g/mol. The van der Waals surface area contributed by atoms with Crippen LogP contribution in [0.5, 0.6) is 0 Å². The molecule has 1 aromatic rings. The van der Waals surface area contributed by atoms with Gasteiger partial charge in [0.25, 0.3) is 0 Å². The zero-order valence-electron chi connectivity index (χ0n) is 11.2. The van der Waals surface area contributed by atoms with Crippen LogP contribution in [0.15, 0.2) is 30.3 Å². The number of hydrogen-bond donors (Lipinski definition) is 1. The molecule has 1 amide bonds. The Hall–Kier alpha value is -1.64. The van der Waals surface area contributed by atoms with Gasteiger partial charge in [-0.1, -0.05) is 49.6 Å². The van der Waals surface area contributed by atoms with Gasteiger partial charge in [-0.3, -0.25) is 4.79 Å². The third-order valence-electron chi connectivity index (χ3n) is 3.77. The van der Waals surface area contributed by atoms with Crippen LogP contribution >= 0.6 is 0 Å². The molecule has 1 aliphatic rings. The molecular weight excluding hydrogens is 238 g/mol. The summed E-state index contributed by atoms with van der Waals surface area (Å²) in [4.78, 5) is 23.2. The summed E-state index contributed by atoms with van der Waals surface area (Å²) in [6, 6.07) is 9.38. The molecule has 3 nitrogen and oxygen atoms in total. The zero-order valence-corrected chi connectivity index (χ0v) is 11.2. The molecule has 1 aromatic carbocycles. The van der Waals surface area contributed by atoms with Crippen molar-refractivity contribution in [2.75, 3.05) is 0 Å². The minimum Gasteiger partial charge on any atom is -0.346 e. The maximum Gasteiger partial charge on any atom is 0.223 e. The molecule has 0 heterocycles. The van der Waals surface area contributed by atoms with Crippen LogP contribution in [0.4, 0.5) is 0 Å². The van der Waals surface area contributed by atoms with Crippen LogP contribution < -0.4 is 5.32 Å². The molecule has 0 spiro atoms. The summed E-state index contributed by atoms with van der Waals surface area (Å²) in [5, 5.41) is 2.88. The van der Waals surface area contributed by atoms with E-state index in [-0.39, 0.29) is 11.8 Å². The fourth-order valence-corrected chi connectivity index (χ4v) is 2.67. The number of carbonyl (C=O) groups is 2. The third-order valence-corrected chi connectivity index (χ3v) is 3.77. The topological polar surface area (TPSA) is 46.2 Å². The van der Waals surface area contributed by atoms with Crippen molar-refractivity contribution >= 4 is 12.2 Å². The predicted octanol–water partition coefficient (Wildman–Crippen LogP) is 2.49. The molecule has 1 saturated carbocycles. The van der Waals surface area contributed by atoms with Crippen molar-refractivity contribution in [1.82, 2.24) is 5.32 Å². The van der Waals surface area contributed by atoms with Crippen molar-refractivity contribution in [3.63, 3.8) is 0 Å². The molecule has 19 heavy (non-hydrogen) atoms. The van der Waals surface area contributed by atoms with Crippen LogP contribution in [0.25, 0.3) is 0 Å². The largest absolute Gasteiger partial charge is 0.346 e. The minimum absolute atomic E-state index is 0.0488. The predicted molar refractivity (Wildman–Crippen MR) is 74.7 cm³/mol. The van der Waals surface area contributed by atoms with E-state index in [0.717, 1.165) is 37.5 Å². The second-order valence-electron chi connectivity index (χ2n) is 5.28. The number of carbonyl (C=O) groups excluding carboxylic acids is 2. The molecule has 2 rings (SSSR count). The van der Waals surface area contributed by atoms with Crippen LogP contribution in [0.2, 0.25) is 0 Å². The van der Waals surface area contributed by atoms with E-state index in [1.807, 2.05) is 30.3 Å². The molecule has 1 fully saturated rings. The molecule has 3 heteroatoms. The molecule has 0 bridgehead atoms. The van der Waals surface area contributed by atoms with E-state index in [4.69, 9.17) is 0 Å². The number of hydrogen-bond acceptors (Lipinski definition) is 2. The van der Waals surface area contributed by atoms with E-state index in [9.17, 15) is 9.59 Å². The number of amides is 1. The zero-order chi connectivity index (χ0) is 13.5. The first-order valence-electron chi connectivity index (χ1n) is 7.09. The lowest BCUT2D eigenvalue weighted by atomic mass is 9.88. The third kappa shape index (κ3) is 4.19. The Labute approximate surface area is 114 Å². The van der Waals surface area contributed by atoms with Gasteiger partial charge in [0.05, 0.1) is 6.04 Å². The van der Waals surface area contributed by atoms with Gasteiger partial charge in [-0.2, -0.15) is 0 Å². The van der Waals surface area contributed by atoms with Gasteiger partial charge >= 0.3 is 0 Å². The molecule has 0 saturated heterocycles. The summed E-state index contributed by atoms with van der Waals surface area (Å²) in [5.74, 6) is 0.153. The van der Waals surface area contributed by atoms with Gasteiger partial charge in [-0.25, -0.2) is 0 Å². The lowest BCUT2D eigenvalue weighted by Gasteiger charge is -2.22. The molecule has 0 unspecified atom stereocenters. The Balaban J connectivity index is 1.88. The average molecular weight is 259 g/mol. The summed E-state index contributed by atoms with van der Waals surface area (Å²) in [5.41, 5.74) is 1.07. The molecule has 1 atom stereocenters. The number of rotatable bonds is 5. The fourth-order valence-electron chi connectivity index (χ4n) is 2.67. The summed E-state index contributed by atoms with van der Waals surface area (Å²) < 4.78 is 0. The van der Waals surface area contributed by atoms with Crippen molar-refractivity contribution < 1.29 is 9.59 Å². The molecule has 0 aliphatic heterocycles. The van der Waals surface area contributed by atoms with Gasteiger partial charge in [0.2, 0.25) is 5.91 Å². The summed E-state index contributed by atoms with van der Waals surface area (Å²) >= 11 is 0. The van der Waals surface area contributed by atoms with Gasteiger partial charge in [0.1, 0.15) is 6.29 Å². The number of benzene rings is 1. The first kappa shape index (κ1) is 13.8. The first-order valence-corrected chi connectivity index (χ1v) is 7.09. The highest BCUT2D eigenvalue weighted by Gasteiger charge is 2.23. The standard InChI is InChI=1S/C16H21NO2/c18-12-15(11-13-7-3-1-4-8-13)17-16(19)14-9-5-2-6-10-14/h1,3-4,7-8,12,14-15H,2,5-6,9-11H2,(H,17,19)/t15-/m0/s1. The Morgan fingerprint density at radius 3 is 2.53 bits per heavy atom. The Morgan fingerprint density at radius 1 is 1.21 bits per heavy atom. The van der Waals surface area contributed by atoms with Crippen LogP contribution in [0.1, 0.15) is 37.7 Å². The van der Waals surface area contributed by atoms with Crippen molar-refractivity contribution in [2.24, 2.45) is 5.92 Å². The molecule has 0 radical (unpaired) electrons. The highest BCUT2D eigenvalue weighted by Crippen LogP contribution is 2.23. The Kier molecular flexibility index (Phi) is 5.13. The van der Waals surface area contributed by atoms with E-state index in [1.165, 1.54) is 6.42 Å². The average Bonchev–Trinajstić information content (AvgIpc) is 2.48. The summed E-state index contributed by atoms with van der Waals surface area (Å²) in [6.07, 6.45) is 6.82. The second kappa shape index (κ2) is 7.07. The maximum atomic E-state index is 12.1. The van der Waals surface area contributed by atoms with Gasteiger partial charge in [0, 0.05) is 5.92 Å². The molecule has 102 valence electrons. The van der Waals surface area contributed by atoms with E-state index < -0.39 is 6.04 Å².